The molecule has 0 aromatic heterocycles. The van der Waals surface area contributed by atoms with E-state index in [9.17, 15) is 30.7 Å². The number of benzene rings is 2. The van der Waals surface area contributed by atoms with Gasteiger partial charge in [0.1, 0.15) is 17.0 Å². The van der Waals surface area contributed by atoms with Gasteiger partial charge in [0, 0.05) is 9.13 Å². The van der Waals surface area contributed by atoms with E-state index >= 15 is 0 Å². The van der Waals surface area contributed by atoms with Crippen molar-refractivity contribution in [3.05, 3.63) is 53.7 Å². The number of hydrogen-bond acceptors (Lipinski definition) is 3. The third-order valence-corrected chi connectivity index (χ3v) is 4.68. The molecule has 2 aromatic carbocycles. The lowest BCUT2D eigenvalue weighted by molar-refractivity contribution is -0.143. The van der Waals surface area contributed by atoms with Crippen molar-refractivity contribution in [2.45, 2.75) is 13.1 Å². The smallest absolute Gasteiger partial charge is 0.422 e. The number of hydrazone groups is 1. The summed E-state index contributed by atoms with van der Waals surface area (Å²) in [6, 6.07) is 3.40. The number of nitrogens with one attached hydrogen (secondary N) is 1. The van der Waals surface area contributed by atoms with Gasteiger partial charge in [0.25, 0.3) is 0 Å². The van der Waals surface area contributed by atoms with Crippen LogP contribution < -0.4 is 10.2 Å². The Labute approximate surface area is 181 Å². The van der Waals surface area contributed by atoms with E-state index in [0.29, 0.717) is 21.5 Å². The molecule has 0 atom stereocenters. The number of anilines is 1. The summed E-state index contributed by atoms with van der Waals surface area (Å²) >= 11 is 3.99. The minimum Gasteiger partial charge on any atom is -0.492 e. The molecule has 2 rings (SSSR count). The number of ether oxygens (including phenoxy) is 1. The van der Waals surface area contributed by atoms with Crippen LogP contribution in [0, 0.1) is 30.4 Å². The van der Waals surface area contributed by atoms with Crippen LogP contribution in [-0.4, -0.2) is 12.8 Å². The summed E-state index contributed by atoms with van der Waals surface area (Å²) in [7, 11) is 0. The first-order valence-corrected chi connectivity index (χ1v) is 9.48. The van der Waals surface area contributed by atoms with E-state index in [0.717, 1.165) is 9.78 Å². The molecule has 0 spiro atoms. The molecule has 28 heavy (non-hydrogen) atoms. The summed E-state index contributed by atoms with van der Waals surface area (Å²) in [6.45, 7) is 2.04. The van der Waals surface area contributed by atoms with Crippen LogP contribution in [0.15, 0.2) is 17.2 Å². The zero-order chi connectivity index (χ0) is 21.2. The first kappa shape index (κ1) is 23.0. The molecule has 12 heteroatoms. The quantitative estimate of drug-likeness (QED) is 0.138. The molecule has 0 unspecified atom stereocenters. The van der Waals surface area contributed by atoms with Crippen LogP contribution in [0.25, 0.3) is 0 Å². The minimum atomic E-state index is -5.61. The summed E-state index contributed by atoms with van der Waals surface area (Å²) in [6.07, 6.45) is -4.55. The highest BCUT2D eigenvalue weighted by molar-refractivity contribution is 14.1. The Bertz CT molecular complexity index is 903. The number of halogens is 9. The second-order valence-electron chi connectivity index (χ2n) is 5.11. The summed E-state index contributed by atoms with van der Waals surface area (Å²) < 4.78 is 99.6. The average molecular weight is 632 g/mol. The Morgan fingerprint density at radius 2 is 1.61 bits per heavy atom. The topological polar surface area (TPSA) is 33.6 Å². The summed E-state index contributed by atoms with van der Waals surface area (Å²) in [4.78, 5) is 0. The molecule has 0 heterocycles. The van der Waals surface area contributed by atoms with Crippen LogP contribution in [0.3, 0.4) is 0 Å². The summed E-state index contributed by atoms with van der Waals surface area (Å²) in [5.41, 5.74) is -2.05. The lowest BCUT2D eigenvalue weighted by Crippen LogP contribution is -2.16. The molecule has 1 N–H and O–H groups in total. The molecule has 0 bridgehead atoms. The van der Waals surface area contributed by atoms with Gasteiger partial charge in [0.15, 0.2) is 23.3 Å². The molecule has 0 aliphatic carbocycles. The van der Waals surface area contributed by atoms with Gasteiger partial charge < -0.3 is 4.74 Å². The van der Waals surface area contributed by atoms with Gasteiger partial charge in [-0.05, 0) is 64.2 Å². The Balaban J connectivity index is 2.44. The normalized spacial score (nSPS) is 11.9. The van der Waals surface area contributed by atoms with Crippen molar-refractivity contribution in [1.29, 1.82) is 0 Å². The highest BCUT2D eigenvalue weighted by Gasteiger charge is 2.42. The van der Waals surface area contributed by atoms with Crippen LogP contribution >= 0.6 is 45.2 Å². The molecule has 2 aromatic rings. The molecule has 0 aliphatic heterocycles. The van der Waals surface area contributed by atoms with Crippen molar-refractivity contribution in [3.63, 3.8) is 0 Å². The van der Waals surface area contributed by atoms with E-state index in [2.05, 4.69) is 5.10 Å². The van der Waals surface area contributed by atoms with Crippen LogP contribution in [0.5, 0.6) is 5.75 Å². The monoisotopic (exact) mass is 632 g/mol. The van der Waals surface area contributed by atoms with Crippen LogP contribution in [0.4, 0.5) is 36.4 Å². The van der Waals surface area contributed by atoms with Gasteiger partial charge in [-0.1, -0.05) is 0 Å². The third-order valence-electron chi connectivity index (χ3n) is 3.25. The largest absolute Gasteiger partial charge is 0.492 e. The predicted octanol–water partition coefficient (Wildman–Crippen LogP) is 6.32. The SMILES string of the molecule is CCOc1c(I)cc(I)cc1C=NNc1c(F)c(F)c(C(F)(F)F)c(F)c1F. The molecule has 0 aliphatic rings. The van der Waals surface area contributed by atoms with Crippen LogP contribution in [-0.2, 0) is 6.18 Å². The van der Waals surface area contributed by atoms with E-state index < -0.39 is 40.7 Å². The van der Waals surface area contributed by atoms with Crippen LogP contribution in [0.1, 0.15) is 18.1 Å². The lowest BCUT2D eigenvalue weighted by atomic mass is 10.1. The fraction of sp³-hybridized carbons (Fsp3) is 0.188. The van der Waals surface area contributed by atoms with Gasteiger partial charge in [-0.25, -0.2) is 17.6 Å². The maximum atomic E-state index is 13.8. The summed E-state index contributed by atoms with van der Waals surface area (Å²) in [5.74, 6) is -9.22. The van der Waals surface area contributed by atoms with Gasteiger partial charge >= 0.3 is 6.18 Å². The van der Waals surface area contributed by atoms with Gasteiger partial charge in [0.2, 0.25) is 0 Å². The highest BCUT2D eigenvalue weighted by Crippen LogP contribution is 2.38. The third kappa shape index (κ3) is 4.80. The van der Waals surface area contributed by atoms with E-state index in [1.165, 1.54) is 0 Å². The molecule has 0 radical (unpaired) electrons. The Morgan fingerprint density at radius 1 is 1.04 bits per heavy atom. The van der Waals surface area contributed by atoms with E-state index in [1.807, 2.05) is 45.2 Å². The molecule has 0 saturated heterocycles. The van der Waals surface area contributed by atoms with Crippen molar-refractivity contribution in [3.8, 4) is 5.75 Å². The maximum Gasteiger partial charge on any atom is 0.422 e. The van der Waals surface area contributed by atoms with Crippen molar-refractivity contribution >= 4 is 57.1 Å². The summed E-state index contributed by atoms with van der Waals surface area (Å²) in [5, 5.41) is 3.48. The zero-order valence-corrected chi connectivity index (χ0v) is 18.0. The van der Waals surface area contributed by atoms with Gasteiger partial charge in [-0.3, -0.25) is 5.43 Å². The standard InChI is InChI=1S/C16H9F7I2N2O/c1-2-28-15-6(3-7(24)4-8(15)25)5-26-27-14-12(19)10(17)9(16(21,22)23)11(18)13(14)20/h3-5,27H,2H2,1H3. The van der Waals surface area contributed by atoms with Crippen molar-refractivity contribution in [2.24, 2.45) is 5.10 Å². The Kier molecular flexibility index (Phi) is 7.38. The fourth-order valence-electron chi connectivity index (χ4n) is 2.12. The van der Waals surface area contributed by atoms with E-state index in [1.54, 1.807) is 24.5 Å². The van der Waals surface area contributed by atoms with Crippen molar-refractivity contribution in [2.75, 3.05) is 12.0 Å². The first-order chi connectivity index (χ1) is 13.0. The molecule has 0 fully saturated rings. The van der Waals surface area contributed by atoms with E-state index in [4.69, 9.17) is 4.74 Å². The van der Waals surface area contributed by atoms with Gasteiger partial charge in [-0.15, -0.1) is 0 Å². The van der Waals surface area contributed by atoms with E-state index in [-0.39, 0.29) is 0 Å². The molecule has 0 saturated carbocycles. The molecule has 152 valence electrons. The molecular formula is C16H9F7I2N2O. The zero-order valence-electron chi connectivity index (χ0n) is 13.7. The second kappa shape index (κ2) is 9.00. The lowest BCUT2D eigenvalue weighted by Gasteiger charge is -2.13. The van der Waals surface area contributed by atoms with Gasteiger partial charge in [-0.2, -0.15) is 18.3 Å². The number of nitrogens with zero attached hydrogens (tertiary/aromatic N) is 1. The number of rotatable bonds is 5. The minimum absolute atomic E-state index is 0.309. The van der Waals surface area contributed by atoms with Crippen LogP contribution in [0.2, 0.25) is 0 Å². The average Bonchev–Trinajstić information content (AvgIpc) is 2.58. The number of hydrogen-bond donors (Lipinski definition) is 1. The van der Waals surface area contributed by atoms with Gasteiger partial charge in [0.05, 0.1) is 16.4 Å². The first-order valence-electron chi connectivity index (χ1n) is 7.33. The Morgan fingerprint density at radius 3 is 2.11 bits per heavy atom. The van der Waals surface area contributed by atoms with Crippen molar-refractivity contribution < 1.29 is 35.5 Å². The fourth-order valence-corrected chi connectivity index (χ4v) is 4.16. The Hall–Kier alpha value is -1.32. The highest BCUT2D eigenvalue weighted by atomic mass is 127. The molecule has 3 nitrogen and oxygen atoms in total. The second-order valence-corrected chi connectivity index (χ2v) is 7.52. The van der Waals surface area contributed by atoms with Crippen molar-refractivity contribution in [1.82, 2.24) is 0 Å². The molecule has 0 amide bonds. The maximum absolute atomic E-state index is 13.8. The molecular weight excluding hydrogens is 623 g/mol. The predicted molar refractivity (Wildman–Crippen MR) is 106 cm³/mol. The number of alkyl halides is 3.